The molecule has 4 aromatic rings. The molecule has 4 aromatic carbocycles. The van der Waals surface area contributed by atoms with Crippen molar-refractivity contribution in [3.63, 3.8) is 0 Å². The number of ether oxygens (including phenoxy) is 1. The fraction of sp³-hybridized carbons (Fsp3) is 0.188. The van der Waals surface area contributed by atoms with Gasteiger partial charge in [-0.25, -0.2) is 14.5 Å². The number of carbonyl (C=O) groups is 2. The molecule has 0 aromatic heterocycles. The molecule has 0 unspecified atom stereocenters. The zero-order valence-corrected chi connectivity index (χ0v) is 23.6. The SMILES string of the molecule is Cc1ccc(C(=O)Oc2ccc(C(C)(C)c3ccc(OOCc4ccc([N+](=O)[O-])cc4COO)cc3)cc2)c(C(=O)O)c1. The Kier molecular flexibility index (Phi) is 9.51. The first-order valence-corrected chi connectivity index (χ1v) is 13.1. The van der Waals surface area contributed by atoms with Gasteiger partial charge in [-0.3, -0.25) is 15.4 Å². The molecule has 0 saturated heterocycles. The summed E-state index contributed by atoms with van der Waals surface area (Å²) in [6.07, 6.45) is 0. The number of nitro groups is 1. The van der Waals surface area contributed by atoms with Gasteiger partial charge in [0.2, 0.25) is 0 Å². The van der Waals surface area contributed by atoms with E-state index in [4.69, 9.17) is 19.8 Å². The van der Waals surface area contributed by atoms with Crippen molar-refractivity contribution in [2.75, 3.05) is 0 Å². The maximum Gasteiger partial charge on any atom is 0.344 e. The monoisotopic (exact) mass is 587 g/mol. The topological polar surface area (TPSA) is 155 Å². The number of esters is 1. The summed E-state index contributed by atoms with van der Waals surface area (Å²) < 4.78 is 5.44. The van der Waals surface area contributed by atoms with Crippen LogP contribution in [-0.4, -0.2) is 27.2 Å². The number of benzene rings is 4. The zero-order chi connectivity index (χ0) is 31.1. The average Bonchev–Trinajstić information content (AvgIpc) is 2.98. The van der Waals surface area contributed by atoms with E-state index in [0.29, 0.717) is 16.9 Å². The van der Waals surface area contributed by atoms with E-state index in [9.17, 15) is 24.8 Å². The number of carboxylic acids is 1. The predicted octanol–water partition coefficient (Wildman–Crippen LogP) is 6.65. The molecule has 0 bridgehead atoms. The quantitative estimate of drug-likeness (QED) is 0.0605. The van der Waals surface area contributed by atoms with Gasteiger partial charge in [0.25, 0.3) is 5.69 Å². The number of hydrogen-bond donors (Lipinski definition) is 2. The van der Waals surface area contributed by atoms with E-state index in [1.807, 2.05) is 38.1 Å². The number of nitrogens with zero attached hydrogens (tertiary/aromatic N) is 1. The van der Waals surface area contributed by atoms with E-state index in [2.05, 4.69) is 4.89 Å². The van der Waals surface area contributed by atoms with Crippen LogP contribution in [0.2, 0.25) is 0 Å². The molecule has 0 heterocycles. The van der Waals surface area contributed by atoms with Gasteiger partial charge in [-0.05, 0) is 71.6 Å². The third kappa shape index (κ3) is 7.41. The summed E-state index contributed by atoms with van der Waals surface area (Å²) in [7, 11) is 0. The molecule has 11 nitrogen and oxygen atoms in total. The lowest BCUT2D eigenvalue weighted by atomic mass is 9.78. The Morgan fingerprint density at radius 1 is 0.814 bits per heavy atom. The Morgan fingerprint density at radius 3 is 2.02 bits per heavy atom. The van der Waals surface area contributed by atoms with Crippen molar-refractivity contribution in [1.29, 1.82) is 0 Å². The van der Waals surface area contributed by atoms with E-state index in [1.54, 1.807) is 37.3 Å². The number of nitro benzene ring substituents is 1. The lowest BCUT2D eigenvalue weighted by Gasteiger charge is -2.26. The lowest BCUT2D eigenvalue weighted by molar-refractivity contribution is -0.385. The first-order valence-electron chi connectivity index (χ1n) is 13.1. The van der Waals surface area contributed by atoms with Gasteiger partial charge >= 0.3 is 11.9 Å². The van der Waals surface area contributed by atoms with Crippen molar-refractivity contribution in [2.45, 2.75) is 39.4 Å². The highest BCUT2D eigenvalue weighted by molar-refractivity contribution is 6.03. The van der Waals surface area contributed by atoms with Crippen LogP contribution in [0.1, 0.15) is 62.4 Å². The van der Waals surface area contributed by atoms with Crippen molar-refractivity contribution < 1.29 is 44.3 Å². The summed E-state index contributed by atoms with van der Waals surface area (Å²) >= 11 is 0. The van der Waals surface area contributed by atoms with Crippen LogP contribution in [-0.2, 0) is 28.4 Å². The molecule has 11 heteroatoms. The van der Waals surface area contributed by atoms with Crippen molar-refractivity contribution in [3.05, 3.63) is 134 Å². The third-order valence-corrected chi connectivity index (χ3v) is 6.98. The first-order chi connectivity index (χ1) is 20.5. The number of rotatable bonds is 12. The van der Waals surface area contributed by atoms with Gasteiger partial charge in [0.1, 0.15) is 19.0 Å². The molecule has 222 valence electrons. The molecule has 0 aliphatic rings. The van der Waals surface area contributed by atoms with Crippen LogP contribution in [0, 0.1) is 17.0 Å². The Balaban J connectivity index is 1.39. The number of hydrogen-bond acceptors (Lipinski definition) is 9. The van der Waals surface area contributed by atoms with Crippen LogP contribution in [0.25, 0.3) is 0 Å². The first kappa shape index (κ1) is 30.8. The fourth-order valence-electron chi connectivity index (χ4n) is 4.44. The number of carboxylic acid groups (broad SMARTS) is 1. The second-order valence-electron chi connectivity index (χ2n) is 10.2. The van der Waals surface area contributed by atoms with Crippen LogP contribution in [0.15, 0.2) is 84.9 Å². The molecule has 0 aliphatic carbocycles. The lowest BCUT2D eigenvalue weighted by Crippen LogP contribution is -2.19. The highest BCUT2D eigenvalue weighted by Crippen LogP contribution is 2.33. The van der Waals surface area contributed by atoms with Crippen molar-refractivity contribution in [3.8, 4) is 11.5 Å². The molecular formula is C32H29NO10. The molecule has 2 N–H and O–H groups in total. The molecule has 0 aliphatic heterocycles. The number of carbonyl (C=O) groups excluding carboxylic acids is 1. The minimum Gasteiger partial charge on any atom is -0.478 e. The number of aromatic carboxylic acids is 1. The Morgan fingerprint density at radius 2 is 1.44 bits per heavy atom. The highest BCUT2D eigenvalue weighted by atomic mass is 17.2. The molecule has 4 rings (SSSR count). The van der Waals surface area contributed by atoms with E-state index in [0.717, 1.165) is 16.7 Å². The molecule has 0 radical (unpaired) electrons. The van der Waals surface area contributed by atoms with Gasteiger partial charge in [-0.15, -0.1) is 0 Å². The van der Waals surface area contributed by atoms with Gasteiger partial charge in [0, 0.05) is 17.5 Å². The van der Waals surface area contributed by atoms with E-state index in [1.165, 1.54) is 30.3 Å². The molecule has 0 spiro atoms. The Hall–Kier alpha value is -5.10. The van der Waals surface area contributed by atoms with Crippen molar-refractivity contribution >= 4 is 17.6 Å². The van der Waals surface area contributed by atoms with Crippen LogP contribution >= 0.6 is 0 Å². The average molecular weight is 588 g/mol. The van der Waals surface area contributed by atoms with Crippen LogP contribution in [0.5, 0.6) is 11.5 Å². The van der Waals surface area contributed by atoms with Crippen LogP contribution < -0.4 is 9.62 Å². The predicted molar refractivity (Wildman–Crippen MR) is 154 cm³/mol. The van der Waals surface area contributed by atoms with Gasteiger partial charge in [0.05, 0.1) is 16.1 Å². The van der Waals surface area contributed by atoms with E-state index >= 15 is 0 Å². The number of aryl methyl sites for hydroxylation is 1. The van der Waals surface area contributed by atoms with Crippen molar-refractivity contribution in [2.24, 2.45) is 0 Å². The zero-order valence-electron chi connectivity index (χ0n) is 23.6. The molecular weight excluding hydrogens is 558 g/mol. The largest absolute Gasteiger partial charge is 0.478 e. The van der Waals surface area contributed by atoms with Gasteiger partial charge in [-0.1, -0.05) is 49.7 Å². The van der Waals surface area contributed by atoms with Crippen LogP contribution in [0.3, 0.4) is 0 Å². The standard InChI is InChI=1S/C32H29NO10/c1-20-4-15-28(29(16-20)30(34)35)31(36)42-26-11-6-23(7-12-26)32(2,3)24-8-13-27(14-9-24)43-41-19-21-5-10-25(33(37)38)17-22(21)18-40-39/h4-17,39H,18-19H2,1-3H3,(H,34,35). The molecule has 43 heavy (non-hydrogen) atoms. The second kappa shape index (κ2) is 13.3. The van der Waals surface area contributed by atoms with E-state index < -0.39 is 22.3 Å². The van der Waals surface area contributed by atoms with Crippen LogP contribution in [0.4, 0.5) is 5.69 Å². The summed E-state index contributed by atoms with van der Waals surface area (Å²) in [4.78, 5) is 49.6. The summed E-state index contributed by atoms with van der Waals surface area (Å²) in [5.74, 6) is -1.25. The smallest absolute Gasteiger partial charge is 0.344 e. The van der Waals surface area contributed by atoms with Gasteiger partial charge < -0.3 is 14.7 Å². The molecule has 0 atom stereocenters. The minimum absolute atomic E-state index is 0.0267. The minimum atomic E-state index is -1.21. The maximum absolute atomic E-state index is 12.7. The fourth-order valence-corrected chi connectivity index (χ4v) is 4.44. The van der Waals surface area contributed by atoms with E-state index in [-0.39, 0.29) is 35.8 Å². The number of non-ortho nitro benzene ring substituents is 1. The summed E-state index contributed by atoms with van der Waals surface area (Å²) in [5.41, 5.74) is 2.84. The molecule has 0 saturated carbocycles. The summed E-state index contributed by atoms with van der Waals surface area (Å²) in [5, 5.41) is 29.2. The summed E-state index contributed by atoms with van der Waals surface area (Å²) in [6, 6.07) is 22.9. The molecule has 0 amide bonds. The normalized spacial score (nSPS) is 11.2. The summed E-state index contributed by atoms with van der Waals surface area (Å²) in [6.45, 7) is 5.53. The third-order valence-electron chi connectivity index (χ3n) is 6.98. The van der Waals surface area contributed by atoms with Gasteiger partial charge in [0.15, 0.2) is 5.75 Å². The molecule has 0 fully saturated rings. The Labute approximate surface area is 246 Å². The van der Waals surface area contributed by atoms with Crippen molar-refractivity contribution in [1.82, 2.24) is 0 Å². The van der Waals surface area contributed by atoms with Gasteiger partial charge in [-0.2, -0.15) is 4.89 Å². The maximum atomic E-state index is 12.7. The highest BCUT2D eigenvalue weighted by Gasteiger charge is 2.24. The Bertz CT molecular complexity index is 1630. The second-order valence-corrected chi connectivity index (χ2v) is 10.2.